The Labute approximate surface area is 146 Å². The minimum atomic E-state index is -0.349. The Hall–Kier alpha value is -2.25. The van der Waals surface area contributed by atoms with Crippen molar-refractivity contribution >= 4 is 16.8 Å². The van der Waals surface area contributed by atoms with Gasteiger partial charge in [0, 0.05) is 45.6 Å². The Bertz CT molecular complexity index is 794. The van der Waals surface area contributed by atoms with Gasteiger partial charge in [-0.25, -0.2) is 4.98 Å². The number of aryl methyl sites for hydroxylation is 1. The summed E-state index contributed by atoms with van der Waals surface area (Å²) in [5, 5.41) is 9.99. The lowest BCUT2D eigenvalue weighted by Gasteiger charge is -2.35. The Morgan fingerprint density at radius 3 is 2.72 bits per heavy atom. The van der Waals surface area contributed by atoms with E-state index in [1.165, 1.54) is 0 Å². The lowest BCUT2D eigenvalue weighted by molar-refractivity contribution is -0.133. The van der Waals surface area contributed by atoms with Gasteiger partial charge in [-0.3, -0.25) is 14.5 Å². The van der Waals surface area contributed by atoms with Crippen LogP contribution in [-0.2, 0) is 11.2 Å². The van der Waals surface area contributed by atoms with E-state index >= 15 is 0 Å². The smallest absolute Gasteiger partial charge is 0.258 e. The van der Waals surface area contributed by atoms with Crippen LogP contribution < -0.4 is 5.56 Å². The molecular weight excluding hydrogens is 320 g/mol. The number of hydrogen-bond donors (Lipinski definition) is 2. The molecule has 1 aromatic carbocycles. The Morgan fingerprint density at radius 1 is 1.28 bits per heavy atom. The third kappa shape index (κ3) is 4.43. The first kappa shape index (κ1) is 17.6. The first-order valence-electron chi connectivity index (χ1n) is 8.69. The molecule has 1 amide bonds. The van der Waals surface area contributed by atoms with Gasteiger partial charge in [0.1, 0.15) is 5.82 Å². The summed E-state index contributed by atoms with van der Waals surface area (Å²) >= 11 is 0. The van der Waals surface area contributed by atoms with Crippen molar-refractivity contribution in [1.29, 1.82) is 0 Å². The molecule has 3 rings (SSSR count). The predicted octanol–water partition coefficient (Wildman–Crippen LogP) is 0.381. The van der Waals surface area contributed by atoms with Crippen molar-refractivity contribution in [2.45, 2.75) is 25.9 Å². The zero-order chi connectivity index (χ0) is 17.8. The van der Waals surface area contributed by atoms with Gasteiger partial charge in [0.05, 0.1) is 17.0 Å². The van der Waals surface area contributed by atoms with E-state index in [4.69, 9.17) is 0 Å². The molecule has 2 heterocycles. The number of nitrogens with zero attached hydrogens (tertiary/aromatic N) is 3. The van der Waals surface area contributed by atoms with Gasteiger partial charge in [-0.2, -0.15) is 0 Å². The molecule has 1 aliphatic rings. The normalized spacial score (nSPS) is 17.0. The summed E-state index contributed by atoms with van der Waals surface area (Å²) in [6, 6.07) is 7.19. The van der Waals surface area contributed by atoms with Crippen molar-refractivity contribution in [2.24, 2.45) is 0 Å². The van der Waals surface area contributed by atoms with E-state index in [9.17, 15) is 14.7 Å². The molecule has 1 aliphatic heterocycles. The molecule has 134 valence electrons. The van der Waals surface area contributed by atoms with Crippen molar-refractivity contribution in [1.82, 2.24) is 19.8 Å². The molecule has 0 spiro atoms. The molecule has 0 saturated carbocycles. The largest absolute Gasteiger partial charge is 0.392 e. The second-order valence-corrected chi connectivity index (χ2v) is 6.56. The number of nitrogens with one attached hydrogen (secondary N) is 1. The number of aliphatic hydroxyl groups excluding tert-OH is 1. The highest BCUT2D eigenvalue weighted by atomic mass is 16.3. The molecule has 7 heteroatoms. The lowest BCUT2D eigenvalue weighted by atomic mass is 10.2. The fourth-order valence-electron chi connectivity index (χ4n) is 3.19. The van der Waals surface area contributed by atoms with Crippen LogP contribution >= 0.6 is 0 Å². The highest BCUT2D eigenvalue weighted by Gasteiger charge is 2.21. The highest BCUT2D eigenvalue weighted by Crippen LogP contribution is 2.09. The SMILES string of the molecule is C[C@H](O)CN1CCN(C(=O)CCc2nc3ccccc3c(=O)[nH]2)CC1. The number of H-pyrrole nitrogens is 1. The molecule has 25 heavy (non-hydrogen) atoms. The average Bonchev–Trinajstić information content (AvgIpc) is 2.60. The molecule has 1 atom stereocenters. The van der Waals surface area contributed by atoms with Crippen LogP contribution in [0.4, 0.5) is 0 Å². The minimum absolute atomic E-state index is 0.0764. The van der Waals surface area contributed by atoms with E-state index in [0.717, 1.165) is 13.1 Å². The summed E-state index contributed by atoms with van der Waals surface area (Å²) in [5.74, 6) is 0.622. The number of benzene rings is 1. The number of para-hydroxylation sites is 1. The quantitative estimate of drug-likeness (QED) is 0.819. The van der Waals surface area contributed by atoms with Gasteiger partial charge in [-0.05, 0) is 19.1 Å². The van der Waals surface area contributed by atoms with Crippen molar-refractivity contribution in [2.75, 3.05) is 32.7 Å². The van der Waals surface area contributed by atoms with E-state index < -0.39 is 0 Å². The summed E-state index contributed by atoms with van der Waals surface area (Å²) in [4.78, 5) is 35.6. The standard InChI is InChI=1S/C18H24N4O3/c1-13(23)12-21-8-10-22(11-9-21)17(24)7-6-16-19-15-5-3-2-4-14(15)18(25)20-16/h2-5,13,23H,6-12H2,1H3,(H,19,20,25)/t13-/m0/s1. The maximum Gasteiger partial charge on any atom is 0.258 e. The summed E-state index contributed by atoms with van der Waals surface area (Å²) in [6.45, 7) is 5.32. The van der Waals surface area contributed by atoms with E-state index in [0.29, 0.717) is 49.2 Å². The van der Waals surface area contributed by atoms with Crippen LogP contribution in [0.1, 0.15) is 19.2 Å². The van der Waals surface area contributed by atoms with Gasteiger partial charge in [0.2, 0.25) is 5.91 Å². The minimum Gasteiger partial charge on any atom is -0.392 e. The zero-order valence-electron chi connectivity index (χ0n) is 14.4. The van der Waals surface area contributed by atoms with Crippen LogP contribution in [0.5, 0.6) is 0 Å². The second-order valence-electron chi connectivity index (χ2n) is 6.56. The van der Waals surface area contributed by atoms with Gasteiger partial charge >= 0.3 is 0 Å². The molecule has 1 fully saturated rings. The molecular formula is C18H24N4O3. The molecule has 0 radical (unpaired) electrons. The third-order valence-electron chi connectivity index (χ3n) is 4.48. The highest BCUT2D eigenvalue weighted by molar-refractivity contribution is 5.78. The van der Waals surface area contributed by atoms with Crippen molar-refractivity contribution in [3.05, 3.63) is 40.4 Å². The monoisotopic (exact) mass is 344 g/mol. The van der Waals surface area contributed by atoms with E-state index in [1.807, 2.05) is 11.0 Å². The van der Waals surface area contributed by atoms with Crippen molar-refractivity contribution < 1.29 is 9.90 Å². The van der Waals surface area contributed by atoms with Crippen LogP contribution in [0, 0.1) is 0 Å². The summed E-state index contributed by atoms with van der Waals surface area (Å²) in [7, 11) is 0. The van der Waals surface area contributed by atoms with Gasteiger partial charge in [-0.1, -0.05) is 12.1 Å². The molecule has 1 saturated heterocycles. The van der Waals surface area contributed by atoms with E-state index in [-0.39, 0.29) is 17.6 Å². The average molecular weight is 344 g/mol. The molecule has 2 N–H and O–H groups in total. The number of amides is 1. The first-order chi connectivity index (χ1) is 12.0. The van der Waals surface area contributed by atoms with Gasteiger partial charge in [0.15, 0.2) is 0 Å². The number of fused-ring (bicyclic) bond motifs is 1. The fraction of sp³-hybridized carbons (Fsp3) is 0.500. The predicted molar refractivity (Wildman–Crippen MR) is 95.4 cm³/mol. The number of piperazine rings is 1. The van der Waals surface area contributed by atoms with Crippen LogP contribution in [0.3, 0.4) is 0 Å². The molecule has 2 aromatic rings. The lowest BCUT2D eigenvalue weighted by Crippen LogP contribution is -2.50. The molecule has 1 aromatic heterocycles. The number of aromatic nitrogens is 2. The van der Waals surface area contributed by atoms with Gasteiger partial charge in [-0.15, -0.1) is 0 Å². The first-order valence-corrected chi connectivity index (χ1v) is 8.69. The number of carbonyl (C=O) groups excluding carboxylic acids is 1. The number of hydrogen-bond acceptors (Lipinski definition) is 5. The van der Waals surface area contributed by atoms with Gasteiger partial charge < -0.3 is 15.0 Å². The number of rotatable bonds is 5. The molecule has 0 aliphatic carbocycles. The fourth-order valence-corrected chi connectivity index (χ4v) is 3.19. The summed E-state index contributed by atoms with van der Waals surface area (Å²) in [6.07, 6.45) is 0.405. The molecule has 7 nitrogen and oxygen atoms in total. The Morgan fingerprint density at radius 2 is 2.00 bits per heavy atom. The van der Waals surface area contributed by atoms with Crippen molar-refractivity contribution in [3.8, 4) is 0 Å². The van der Waals surface area contributed by atoms with Gasteiger partial charge in [0.25, 0.3) is 5.56 Å². The molecule has 0 unspecified atom stereocenters. The van der Waals surface area contributed by atoms with Crippen LogP contribution in [0.2, 0.25) is 0 Å². The maximum atomic E-state index is 12.4. The number of carbonyl (C=O) groups is 1. The second kappa shape index (κ2) is 7.76. The summed E-state index contributed by atoms with van der Waals surface area (Å²) in [5.41, 5.74) is 0.486. The van der Waals surface area contributed by atoms with Crippen LogP contribution in [0.25, 0.3) is 10.9 Å². The Balaban J connectivity index is 1.55. The van der Waals surface area contributed by atoms with Crippen molar-refractivity contribution in [3.63, 3.8) is 0 Å². The zero-order valence-corrected chi connectivity index (χ0v) is 14.4. The third-order valence-corrected chi connectivity index (χ3v) is 4.48. The maximum absolute atomic E-state index is 12.4. The topological polar surface area (TPSA) is 89.5 Å². The number of β-amino-alcohol motifs (C(OH)–C–C–N with tert-alkyl or cyclic N) is 1. The molecule has 0 bridgehead atoms. The van der Waals surface area contributed by atoms with E-state index in [1.54, 1.807) is 25.1 Å². The Kier molecular flexibility index (Phi) is 5.45. The summed E-state index contributed by atoms with van der Waals surface area (Å²) < 4.78 is 0. The van der Waals surface area contributed by atoms with Crippen LogP contribution in [0.15, 0.2) is 29.1 Å². The number of aliphatic hydroxyl groups is 1. The van der Waals surface area contributed by atoms with Crippen LogP contribution in [-0.4, -0.2) is 69.6 Å². The van der Waals surface area contributed by atoms with E-state index in [2.05, 4.69) is 14.9 Å². The number of aromatic amines is 1.